The van der Waals surface area contributed by atoms with E-state index < -0.39 is 0 Å². The minimum atomic E-state index is -0.252. The first-order valence-electron chi connectivity index (χ1n) is 20.3. The van der Waals surface area contributed by atoms with Gasteiger partial charge in [-0.1, -0.05) is 60.7 Å². The fourth-order valence-corrected chi connectivity index (χ4v) is 7.64. The largest absolute Gasteiger partial charge is 0.461 e. The minimum absolute atomic E-state index is 0. The van der Waals surface area contributed by atoms with E-state index >= 15 is 0 Å². The number of nitrogens with zero attached hydrogens (tertiary/aromatic N) is 3. The molecule has 312 valence electrons. The van der Waals surface area contributed by atoms with E-state index in [1.165, 1.54) is 46.6 Å². The van der Waals surface area contributed by atoms with Crippen LogP contribution in [0.1, 0.15) is 55.4 Å². The lowest BCUT2D eigenvalue weighted by atomic mass is 10.1. The van der Waals surface area contributed by atoms with Crippen molar-refractivity contribution in [2.45, 2.75) is 34.3 Å². The van der Waals surface area contributed by atoms with Gasteiger partial charge in [0.25, 0.3) is 0 Å². The summed E-state index contributed by atoms with van der Waals surface area (Å²) >= 11 is 0. The number of Topliss-reactive ketones (excluding diaryl/α,β-unsaturated/α-hetero) is 2. The van der Waals surface area contributed by atoms with Crippen LogP contribution in [0.2, 0.25) is 0 Å². The number of ether oxygens (including phenoxy) is 1. The van der Waals surface area contributed by atoms with E-state index in [0.29, 0.717) is 12.2 Å². The number of rotatable bonds is 8. The maximum Gasteiger partial charge on any atom is 0.302 e. The Labute approximate surface area is 362 Å². The van der Waals surface area contributed by atoms with Crippen LogP contribution in [0.25, 0.3) is 43.6 Å². The number of carbonyl (C=O) groups is 4. The molecule has 0 aliphatic rings. The number of hydrogen-bond donors (Lipinski definition) is 1. The van der Waals surface area contributed by atoms with Gasteiger partial charge in [0.15, 0.2) is 11.6 Å². The Bertz CT molecular complexity index is 3080. The Morgan fingerprint density at radius 2 is 0.952 bits per heavy atom. The number of benzene rings is 7. The minimum Gasteiger partial charge on any atom is -0.461 e. The van der Waals surface area contributed by atoms with Crippen LogP contribution in [-0.2, 0) is 35.0 Å². The summed E-state index contributed by atoms with van der Waals surface area (Å²) in [5.41, 5.74) is 10.9. The molecule has 62 heavy (non-hydrogen) atoms. The molecule has 0 atom stereocenters. The Hall–Kier alpha value is -7.78. The van der Waals surface area contributed by atoms with E-state index in [4.69, 9.17) is 4.74 Å². The molecule has 0 saturated heterocycles. The molecule has 2 aromatic heterocycles. The van der Waals surface area contributed by atoms with Gasteiger partial charge < -0.3 is 24.1 Å². The number of fused-ring (bicyclic) bond motifs is 6. The molecule has 0 unspecified atom stereocenters. The van der Waals surface area contributed by atoms with Crippen LogP contribution in [-0.4, -0.2) is 32.6 Å². The van der Waals surface area contributed by atoms with Gasteiger partial charge in [0.2, 0.25) is 5.91 Å². The molecule has 0 radical (unpaired) electrons. The molecule has 1 amide bonds. The van der Waals surface area contributed by atoms with E-state index in [1.807, 2.05) is 127 Å². The molecule has 1 N–H and O–H groups in total. The zero-order chi connectivity index (χ0) is 43.9. The second-order valence-corrected chi connectivity index (χ2v) is 15.1. The predicted octanol–water partition coefficient (Wildman–Crippen LogP) is 12.5. The van der Waals surface area contributed by atoms with Crippen molar-refractivity contribution in [3.8, 4) is 0 Å². The van der Waals surface area contributed by atoms with Gasteiger partial charge in [-0.3, -0.25) is 19.2 Å². The third kappa shape index (κ3) is 9.32. The number of ketones is 2. The van der Waals surface area contributed by atoms with Crippen molar-refractivity contribution >= 4 is 89.8 Å². The van der Waals surface area contributed by atoms with Crippen molar-refractivity contribution in [2.24, 2.45) is 14.1 Å². The second-order valence-electron chi connectivity index (χ2n) is 15.1. The molecule has 0 spiro atoms. The van der Waals surface area contributed by atoms with E-state index in [9.17, 15) is 19.2 Å². The molecule has 9 rings (SSSR count). The molecule has 9 heteroatoms. The number of para-hydroxylation sites is 3. The number of nitrogens with one attached hydrogen (secondary N) is 1. The van der Waals surface area contributed by atoms with Crippen LogP contribution in [0.5, 0.6) is 0 Å². The zero-order valence-electron chi connectivity index (χ0n) is 35.7. The SMILES string of the molecule is CC(=O)Nc1ccc(N(c2ccccc2)c2ccc(C(C)=O)cc2)cc1.CC(=O)OCc1ccc2c(c1)c1ccccc1n2C.CC(=O)c1ccc2c(c1)c1ccccc1n2C.[HH]. The quantitative estimate of drug-likeness (QED) is 0.121. The summed E-state index contributed by atoms with van der Waals surface area (Å²) in [6, 6.07) is 53.8. The molecule has 0 bridgehead atoms. The van der Waals surface area contributed by atoms with Gasteiger partial charge in [0, 0.05) is 107 Å². The molecule has 2 heterocycles. The van der Waals surface area contributed by atoms with Crippen molar-refractivity contribution in [1.82, 2.24) is 9.13 Å². The molecule has 7 aromatic carbocycles. The maximum atomic E-state index is 11.5. The monoisotopic (exact) mass is 822 g/mol. The Kier molecular flexibility index (Phi) is 12.7. The Morgan fingerprint density at radius 1 is 0.500 bits per heavy atom. The van der Waals surface area contributed by atoms with Gasteiger partial charge in [-0.05, 0) is 123 Å². The Balaban J connectivity index is 0.000000160. The predicted molar refractivity (Wildman–Crippen MR) is 254 cm³/mol. The zero-order valence-corrected chi connectivity index (χ0v) is 35.7. The summed E-state index contributed by atoms with van der Waals surface area (Å²) in [5, 5.41) is 7.55. The molecule has 0 aliphatic heterocycles. The van der Waals surface area contributed by atoms with Crippen LogP contribution in [0.3, 0.4) is 0 Å². The summed E-state index contributed by atoms with van der Waals surface area (Å²) in [7, 11) is 4.12. The highest BCUT2D eigenvalue weighted by Gasteiger charge is 2.14. The average Bonchev–Trinajstić information content (AvgIpc) is 3.73. The topological polar surface area (TPSA) is 103 Å². The van der Waals surface area contributed by atoms with E-state index in [-0.39, 0.29) is 24.9 Å². The number of anilines is 4. The van der Waals surface area contributed by atoms with E-state index in [1.54, 1.807) is 13.8 Å². The van der Waals surface area contributed by atoms with E-state index in [0.717, 1.165) is 44.8 Å². The van der Waals surface area contributed by atoms with Crippen LogP contribution in [0, 0.1) is 0 Å². The van der Waals surface area contributed by atoms with E-state index in [2.05, 4.69) is 69.8 Å². The second kappa shape index (κ2) is 18.6. The van der Waals surface area contributed by atoms with Gasteiger partial charge in [-0.15, -0.1) is 0 Å². The third-order valence-electron chi connectivity index (χ3n) is 10.7. The number of carbonyl (C=O) groups excluding carboxylic acids is 4. The molecule has 0 aliphatic carbocycles. The molecular weight excluding hydrogens is 773 g/mol. The molecule has 0 saturated carbocycles. The van der Waals surface area contributed by atoms with Crippen LogP contribution < -0.4 is 10.2 Å². The number of aryl methyl sites for hydroxylation is 2. The Morgan fingerprint density at radius 3 is 1.48 bits per heavy atom. The summed E-state index contributed by atoms with van der Waals surface area (Å²) in [6.45, 7) is 6.41. The van der Waals surface area contributed by atoms with Gasteiger partial charge in [0.1, 0.15) is 6.61 Å². The number of amides is 1. The summed E-state index contributed by atoms with van der Waals surface area (Å²) in [4.78, 5) is 47.2. The molecule has 0 fully saturated rings. The van der Waals surface area contributed by atoms with Gasteiger partial charge in [-0.25, -0.2) is 0 Å². The lowest BCUT2D eigenvalue weighted by molar-refractivity contribution is -0.142. The number of esters is 1. The fraction of sp³-hybridized carbons (Fsp3) is 0.132. The molecular formula is C53H50N4O5. The van der Waals surface area contributed by atoms with Crippen molar-refractivity contribution in [3.05, 3.63) is 180 Å². The van der Waals surface area contributed by atoms with Crippen LogP contribution in [0.15, 0.2) is 164 Å². The molecule has 9 nitrogen and oxygen atoms in total. The highest BCUT2D eigenvalue weighted by molar-refractivity contribution is 6.11. The molecule has 9 aromatic rings. The summed E-state index contributed by atoms with van der Waals surface area (Å²) in [6.07, 6.45) is 0. The highest BCUT2D eigenvalue weighted by atomic mass is 16.5. The lowest BCUT2D eigenvalue weighted by Gasteiger charge is -2.25. The van der Waals surface area contributed by atoms with Crippen molar-refractivity contribution in [2.75, 3.05) is 10.2 Å². The number of hydrogen-bond acceptors (Lipinski definition) is 6. The van der Waals surface area contributed by atoms with Crippen LogP contribution in [0.4, 0.5) is 22.7 Å². The lowest BCUT2D eigenvalue weighted by Crippen LogP contribution is -2.10. The van der Waals surface area contributed by atoms with Crippen LogP contribution >= 0.6 is 0 Å². The standard InChI is InChI=1S/C22H20N2O2.C16H15NO2.C15H13NO.H2/c1-16(25)18-8-12-21(13-9-18)24(20-6-4-3-5-7-20)22-14-10-19(11-15-22)23-17(2)26;1-11(18)19-10-12-7-8-16-14(9-12)13-5-3-4-6-15(13)17(16)2;1-10(17)11-7-8-15-13(9-11)12-5-3-4-6-14(12)16(15)2;/h3-15H,1-2H3,(H,23,26);3-9H,10H2,1-2H3;3-9H,1-2H3;1H. The first kappa shape index (κ1) is 42.3. The van der Waals surface area contributed by atoms with Crippen molar-refractivity contribution < 1.29 is 25.3 Å². The van der Waals surface area contributed by atoms with Crippen molar-refractivity contribution in [1.29, 1.82) is 0 Å². The first-order valence-corrected chi connectivity index (χ1v) is 20.3. The highest BCUT2D eigenvalue weighted by Crippen LogP contribution is 2.35. The van der Waals surface area contributed by atoms with Gasteiger partial charge >= 0.3 is 5.97 Å². The maximum absolute atomic E-state index is 11.5. The average molecular weight is 823 g/mol. The van der Waals surface area contributed by atoms with Crippen molar-refractivity contribution in [3.63, 3.8) is 0 Å². The summed E-state index contributed by atoms with van der Waals surface area (Å²) in [5.74, 6) is -0.196. The normalized spacial score (nSPS) is 10.7. The third-order valence-corrected chi connectivity index (χ3v) is 10.7. The van der Waals surface area contributed by atoms with Gasteiger partial charge in [0.05, 0.1) is 0 Å². The summed E-state index contributed by atoms with van der Waals surface area (Å²) < 4.78 is 9.39. The number of aromatic nitrogens is 2. The van der Waals surface area contributed by atoms with Gasteiger partial charge in [-0.2, -0.15) is 0 Å². The smallest absolute Gasteiger partial charge is 0.302 e. The first-order chi connectivity index (χ1) is 29.9. The fourth-order valence-electron chi connectivity index (χ4n) is 7.64.